The molecular weight excluding hydrogens is 587 g/mol. The lowest BCUT2D eigenvalue weighted by molar-refractivity contribution is 1.18. The summed E-state index contributed by atoms with van der Waals surface area (Å²) in [5.41, 5.74) is 12.6. The number of benzene rings is 5. The molecule has 0 saturated heterocycles. The molecule has 226 valence electrons. The topological polar surface area (TPSA) is 64.5 Å². The molecule has 0 aliphatic rings. The first-order valence-electron chi connectivity index (χ1n) is 15.8. The SMILES string of the molecule is c1ccc(-c2cc(-c3cc(-c4ccc(-c5ncccn5)cc4)cc(-c4ccc(-c5ncccn5)cc4)c3)cc(-c3ccccc3)n2)cc1. The predicted molar refractivity (Wildman–Crippen MR) is 193 cm³/mol. The Morgan fingerprint density at radius 1 is 0.250 bits per heavy atom. The maximum Gasteiger partial charge on any atom is 0.159 e. The molecule has 0 unspecified atom stereocenters. The average molecular weight is 616 g/mol. The molecule has 0 spiro atoms. The third kappa shape index (κ3) is 6.13. The smallest absolute Gasteiger partial charge is 0.159 e. The summed E-state index contributed by atoms with van der Waals surface area (Å²) < 4.78 is 0. The Kier molecular flexibility index (Phi) is 7.83. The number of nitrogens with zero attached hydrogens (tertiary/aromatic N) is 5. The van der Waals surface area contributed by atoms with Crippen molar-refractivity contribution in [2.75, 3.05) is 0 Å². The van der Waals surface area contributed by atoms with Crippen LogP contribution in [0.4, 0.5) is 0 Å². The van der Waals surface area contributed by atoms with E-state index in [1.54, 1.807) is 24.8 Å². The van der Waals surface area contributed by atoms with Gasteiger partial charge in [0.15, 0.2) is 11.6 Å². The van der Waals surface area contributed by atoms with Gasteiger partial charge >= 0.3 is 0 Å². The van der Waals surface area contributed by atoms with Gasteiger partial charge in [0.1, 0.15) is 0 Å². The maximum absolute atomic E-state index is 5.11. The Balaban J connectivity index is 1.28. The molecule has 0 fully saturated rings. The van der Waals surface area contributed by atoms with Gasteiger partial charge in [-0.15, -0.1) is 0 Å². The van der Waals surface area contributed by atoms with Crippen molar-refractivity contribution in [3.8, 4) is 78.7 Å². The predicted octanol–water partition coefficient (Wildman–Crippen LogP) is 10.3. The summed E-state index contributed by atoms with van der Waals surface area (Å²) in [6, 6.07) is 52.4. The van der Waals surface area contributed by atoms with E-state index in [9.17, 15) is 0 Å². The average Bonchev–Trinajstić information content (AvgIpc) is 3.19. The van der Waals surface area contributed by atoms with E-state index in [4.69, 9.17) is 4.98 Å². The monoisotopic (exact) mass is 615 g/mol. The van der Waals surface area contributed by atoms with Gasteiger partial charge in [0.2, 0.25) is 0 Å². The van der Waals surface area contributed by atoms with E-state index in [0.717, 1.165) is 67.0 Å². The third-order valence-corrected chi connectivity index (χ3v) is 8.32. The minimum absolute atomic E-state index is 0.708. The van der Waals surface area contributed by atoms with E-state index in [1.165, 1.54) is 0 Å². The van der Waals surface area contributed by atoms with Gasteiger partial charge in [0.25, 0.3) is 0 Å². The van der Waals surface area contributed by atoms with Crippen LogP contribution in [-0.4, -0.2) is 24.9 Å². The highest BCUT2D eigenvalue weighted by atomic mass is 14.9. The number of hydrogen-bond acceptors (Lipinski definition) is 5. The van der Waals surface area contributed by atoms with Gasteiger partial charge in [-0.1, -0.05) is 109 Å². The van der Waals surface area contributed by atoms with Gasteiger partial charge < -0.3 is 0 Å². The van der Waals surface area contributed by atoms with Crippen LogP contribution in [0.3, 0.4) is 0 Å². The lowest BCUT2D eigenvalue weighted by atomic mass is 9.92. The van der Waals surface area contributed by atoms with Crippen molar-refractivity contribution in [3.63, 3.8) is 0 Å². The van der Waals surface area contributed by atoms with E-state index in [-0.39, 0.29) is 0 Å². The zero-order chi connectivity index (χ0) is 32.1. The minimum atomic E-state index is 0.708. The van der Waals surface area contributed by atoms with E-state index < -0.39 is 0 Å². The normalized spacial score (nSPS) is 10.9. The van der Waals surface area contributed by atoms with Gasteiger partial charge in [-0.3, -0.25) is 0 Å². The molecule has 8 aromatic rings. The Morgan fingerprint density at radius 3 is 0.979 bits per heavy atom. The van der Waals surface area contributed by atoms with Crippen LogP contribution in [0.5, 0.6) is 0 Å². The molecule has 8 rings (SSSR count). The molecular formula is C43H29N5. The van der Waals surface area contributed by atoms with E-state index in [2.05, 4.69) is 147 Å². The van der Waals surface area contributed by atoms with E-state index in [1.807, 2.05) is 24.3 Å². The summed E-state index contributed by atoms with van der Waals surface area (Å²) in [5, 5.41) is 0. The number of pyridine rings is 1. The molecule has 48 heavy (non-hydrogen) atoms. The van der Waals surface area contributed by atoms with Crippen LogP contribution >= 0.6 is 0 Å². The van der Waals surface area contributed by atoms with Crippen LogP contribution in [-0.2, 0) is 0 Å². The fraction of sp³-hybridized carbons (Fsp3) is 0. The highest BCUT2D eigenvalue weighted by Crippen LogP contribution is 2.37. The molecule has 5 aromatic carbocycles. The molecule has 0 aliphatic heterocycles. The molecule has 0 bridgehead atoms. The molecule has 0 N–H and O–H groups in total. The van der Waals surface area contributed by atoms with E-state index >= 15 is 0 Å². The van der Waals surface area contributed by atoms with Crippen LogP contribution in [0, 0.1) is 0 Å². The molecule has 5 nitrogen and oxygen atoms in total. The first-order chi connectivity index (χ1) is 23.8. The standard InChI is InChI=1S/C43H29N5/c1-3-9-32(10-4-1)40-28-39(29-41(48-40)33-11-5-2-6-12-33)38-26-36(30-13-17-34(18-14-30)42-44-21-7-22-45-42)25-37(27-38)31-15-19-35(20-16-31)43-46-23-8-24-47-43/h1-29H. The summed E-state index contributed by atoms with van der Waals surface area (Å²) >= 11 is 0. The highest BCUT2D eigenvalue weighted by molar-refractivity contribution is 5.85. The molecule has 5 heteroatoms. The van der Waals surface area contributed by atoms with Crippen LogP contribution in [0.1, 0.15) is 0 Å². The molecule has 3 aromatic heterocycles. The zero-order valence-corrected chi connectivity index (χ0v) is 26.0. The lowest BCUT2D eigenvalue weighted by Crippen LogP contribution is -1.92. The quantitative estimate of drug-likeness (QED) is 0.178. The Hall–Kier alpha value is -6.59. The van der Waals surface area contributed by atoms with Crippen molar-refractivity contribution in [2.24, 2.45) is 0 Å². The third-order valence-electron chi connectivity index (χ3n) is 8.32. The first kappa shape index (κ1) is 28.9. The van der Waals surface area contributed by atoms with Crippen molar-refractivity contribution in [2.45, 2.75) is 0 Å². The molecule has 0 radical (unpaired) electrons. The first-order valence-corrected chi connectivity index (χ1v) is 15.8. The Bertz CT molecular complexity index is 2130. The fourth-order valence-corrected chi connectivity index (χ4v) is 5.86. The van der Waals surface area contributed by atoms with Crippen LogP contribution in [0.25, 0.3) is 78.7 Å². The highest BCUT2D eigenvalue weighted by Gasteiger charge is 2.13. The van der Waals surface area contributed by atoms with Gasteiger partial charge in [0, 0.05) is 47.0 Å². The molecule has 3 heterocycles. The molecule has 0 saturated carbocycles. The molecule has 0 atom stereocenters. The summed E-state index contributed by atoms with van der Waals surface area (Å²) in [6.45, 7) is 0. The summed E-state index contributed by atoms with van der Waals surface area (Å²) in [5.74, 6) is 1.42. The van der Waals surface area contributed by atoms with Crippen molar-refractivity contribution >= 4 is 0 Å². The van der Waals surface area contributed by atoms with Crippen molar-refractivity contribution in [3.05, 3.63) is 176 Å². The van der Waals surface area contributed by atoms with E-state index in [0.29, 0.717) is 11.6 Å². The Morgan fingerprint density at radius 2 is 0.583 bits per heavy atom. The summed E-state index contributed by atoms with van der Waals surface area (Å²) in [4.78, 5) is 22.8. The van der Waals surface area contributed by atoms with Crippen LogP contribution < -0.4 is 0 Å². The van der Waals surface area contributed by atoms with Crippen LogP contribution in [0.15, 0.2) is 176 Å². The number of rotatable bonds is 7. The molecule has 0 amide bonds. The number of hydrogen-bond donors (Lipinski definition) is 0. The van der Waals surface area contributed by atoms with Crippen LogP contribution in [0.2, 0.25) is 0 Å². The lowest BCUT2D eigenvalue weighted by Gasteiger charge is -2.14. The summed E-state index contributed by atoms with van der Waals surface area (Å²) in [7, 11) is 0. The maximum atomic E-state index is 5.11. The second kappa shape index (κ2) is 13.0. The summed E-state index contributed by atoms with van der Waals surface area (Å²) in [6.07, 6.45) is 7.07. The van der Waals surface area contributed by atoms with Gasteiger partial charge in [-0.25, -0.2) is 24.9 Å². The van der Waals surface area contributed by atoms with Gasteiger partial charge in [0.05, 0.1) is 11.4 Å². The second-order valence-corrected chi connectivity index (χ2v) is 11.5. The largest absolute Gasteiger partial charge is 0.248 e. The fourth-order valence-electron chi connectivity index (χ4n) is 5.86. The second-order valence-electron chi connectivity index (χ2n) is 11.5. The van der Waals surface area contributed by atoms with Crippen molar-refractivity contribution in [1.29, 1.82) is 0 Å². The zero-order valence-electron chi connectivity index (χ0n) is 26.0. The van der Waals surface area contributed by atoms with Crippen molar-refractivity contribution < 1.29 is 0 Å². The molecule has 0 aliphatic carbocycles. The minimum Gasteiger partial charge on any atom is -0.248 e. The van der Waals surface area contributed by atoms with Gasteiger partial charge in [-0.05, 0) is 75.8 Å². The Labute approximate surface area is 279 Å². The van der Waals surface area contributed by atoms with Crippen molar-refractivity contribution in [1.82, 2.24) is 24.9 Å². The number of aromatic nitrogens is 5. The van der Waals surface area contributed by atoms with Gasteiger partial charge in [-0.2, -0.15) is 0 Å².